The third-order valence-corrected chi connectivity index (χ3v) is 6.23. The van der Waals surface area contributed by atoms with Crippen molar-refractivity contribution in [2.75, 3.05) is 26.3 Å². The predicted molar refractivity (Wildman–Crippen MR) is 116 cm³/mol. The lowest BCUT2D eigenvalue weighted by Gasteiger charge is -2.32. The Labute approximate surface area is 180 Å². The number of benzene rings is 2. The number of rotatable bonds is 5. The summed E-state index contributed by atoms with van der Waals surface area (Å²) in [4.78, 5) is 15.2. The summed E-state index contributed by atoms with van der Waals surface area (Å²) < 4.78 is 12.3. The molecule has 1 amide bonds. The molecule has 0 aromatic heterocycles. The molecule has 5 nitrogen and oxygen atoms in total. The van der Waals surface area contributed by atoms with E-state index in [4.69, 9.17) is 9.47 Å². The highest BCUT2D eigenvalue weighted by atomic mass is 79.9. The number of ether oxygens (including phenoxy) is 2. The predicted octanol–water partition coefficient (Wildman–Crippen LogP) is 4.31. The summed E-state index contributed by atoms with van der Waals surface area (Å²) in [6.07, 6.45) is 1.80. The van der Waals surface area contributed by atoms with Gasteiger partial charge in [0.05, 0.1) is 6.04 Å². The van der Waals surface area contributed by atoms with Crippen LogP contribution in [0.3, 0.4) is 0 Å². The first-order valence-corrected chi connectivity index (χ1v) is 11.0. The minimum Gasteiger partial charge on any atom is -0.486 e. The van der Waals surface area contributed by atoms with Crippen molar-refractivity contribution in [3.63, 3.8) is 0 Å². The van der Waals surface area contributed by atoms with Crippen LogP contribution in [-0.4, -0.2) is 37.1 Å². The van der Waals surface area contributed by atoms with Gasteiger partial charge in [0, 0.05) is 16.9 Å². The van der Waals surface area contributed by atoms with E-state index in [9.17, 15) is 4.79 Å². The van der Waals surface area contributed by atoms with E-state index >= 15 is 0 Å². The highest BCUT2D eigenvalue weighted by Crippen LogP contribution is 2.32. The molecule has 1 N–H and O–H groups in total. The molecule has 29 heavy (non-hydrogen) atoms. The highest BCUT2D eigenvalue weighted by Gasteiger charge is 2.26. The van der Waals surface area contributed by atoms with E-state index in [1.54, 1.807) is 0 Å². The van der Waals surface area contributed by atoms with Gasteiger partial charge in [-0.15, -0.1) is 0 Å². The lowest BCUT2D eigenvalue weighted by atomic mass is 9.94. The Balaban J connectivity index is 1.27. The van der Waals surface area contributed by atoms with Crippen LogP contribution in [0.4, 0.5) is 0 Å². The molecule has 0 aliphatic carbocycles. The second-order valence-corrected chi connectivity index (χ2v) is 8.73. The Morgan fingerprint density at radius 3 is 2.52 bits per heavy atom. The third-order valence-electron chi connectivity index (χ3n) is 5.70. The smallest absolute Gasteiger partial charge is 0.223 e. The average Bonchev–Trinajstić information content (AvgIpc) is 2.75. The van der Waals surface area contributed by atoms with Crippen LogP contribution in [0.5, 0.6) is 11.5 Å². The van der Waals surface area contributed by atoms with Crippen LogP contribution in [0.1, 0.15) is 36.9 Å². The molecule has 2 aliphatic rings. The number of halogens is 1. The molecule has 2 aromatic rings. The van der Waals surface area contributed by atoms with Crippen molar-refractivity contribution >= 4 is 21.8 Å². The maximum absolute atomic E-state index is 12.8. The van der Waals surface area contributed by atoms with E-state index in [0.29, 0.717) is 13.2 Å². The standard InChI is InChI=1S/C23H27BrN2O3/c1-16(19-4-7-21-22(14-19)29-13-12-28-21)25-23(27)18-8-10-26(11-9-18)15-17-2-5-20(24)6-3-17/h2-7,14,16,18H,8-13,15H2,1H3,(H,25,27)/t16-/m0/s1. The van der Waals surface area contributed by atoms with E-state index in [-0.39, 0.29) is 17.9 Å². The molecular weight excluding hydrogens is 432 g/mol. The van der Waals surface area contributed by atoms with Crippen molar-refractivity contribution in [2.24, 2.45) is 5.92 Å². The highest BCUT2D eigenvalue weighted by molar-refractivity contribution is 9.10. The second kappa shape index (κ2) is 9.18. The van der Waals surface area contributed by atoms with Crippen LogP contribution in [-0.2, 0) is 11.3 Å². The monoisotopic (exact) mass is 458 g/mol. The molecular formula is C23H27BrN2O3. The van der Waals surface area contributed by atoms with Gasteiger partial charge in [0.15, 0.2) is 11.5 Å². The minimum atomic E-state index is -0.0564. The first-order valence-electron chi connectivity index (χ1n) is 10.3. The normalized spacial score (nSPS) is 18.3. The Hall–Kier alpha value is -2.05. The third kappa shape index (κ3) is 5.11. The lowest BCUT2D eigenvalue weighted by Crippen LogP contribution is -2.40. The Morgan fingerprint density at radius 2 is 1.79 bits per heavy atom. The van der Waals surface area contributed by atoms with Gasteiger partial charge in [-0.3, -0.25) is 9.69 Å². The molecule has 1 atom stereocenters. The van der Waals surface area contributed by atoms with Crippen molar-refractivity contribution in [1.82, 2.24) is 10.2 Å². The molecule has 1 saturated heterocycles. The number of nitrogens with one attached hydrogen (secondary N) is 1. The van der Waals surface area contributed by atoms with Gasteiger partial charge in [-0.2, -0.15) is 0 Å². The summed E-state index contributed by atoms with van der Waals surface area (Å²) in [5, 5.41) is 3.18. The molecule has 0 spiro atoms. The molecule has 6 heteroatoms. The first-order chi connectivity index (χ1) is 14.1. The van der Waals surface area contributed by atoms with Crippen LogP contribution in [0.2, 0.25) is 0 Å². The number of hydrogen-bond donors (Lipinski definition) is 1. The fourth-order valence-electron chi connectivity index (χ4n) is 3.95. The maximum atomic E-state index is 12.8. The van der Waals surface area contributed by atoms with E-state index < -0.39 is 0 Å². The van der Waals surface area contributed by atoms with Crippen LogP contribution >= 0.6 is 15.9 Å². The summed E-state index contributed by atoms with van der Waals surface area (Å²) in [6, 6.07) is 14.3. The van der Waals surface area contributed by atoms with Gasteiger partial charge in [-0.05, 0) is 68.2 Å². The lowest BCUT2D eigenvalue weighted by molar-refractivity contribution is -0.127. The zero-order valence-corrected chi connectivity index (χ0v) is 18.3. The topological polar surface area (TPSA) is 50.8 Å². The van der Waals surface area contributed by atoms with Gasteiger partial charge < -0.3 is 14.8 Å². The number of fused-ring (bicyclic) bond motifs is 1. The van der Waals surface area contributed by atoms with Gasteiger partial charge in [0.2, 0.25) is 5.91 Å². The number of amides is 1. The summed E-state index contributed by atoms with van der Waals surface area (Å²) in [5.41, 5.74) is 2.35. The van der Waals surface area contributed by atoms with Crippen LogP contribution in [0, 0.1) is 5.92 Å². The second-order valence-electron chi connectivity index (χ2n) is 7.81. The van der Waals surface area contributed by atoms with Crippen molar-refractivity contribution in [2.45, 2.75) is 32.4 Å². The number of likely N-dealkylation sites (tertiary alicyclic amines) is 1. The van der Waals surface area contributed by atoms with E-state index in [0.717, 1.165) is 54.0 Å². The SMILES string of the molecule is C[C@H](NC(=O)C1CCN(Cc2ccc(Br)cc2)CC1)c1ccc2c(c1)OCCO2. The zero-order valence-electron chi connectivity index (χ0n) is 16.7. The molecule has 0 bridgehead atoms. The zero-order chi connectivity index (χ0) is 20.2. The molecule has 154 valence electrons. The van der Waals surface area contributed by atoms with Gasteiger partial charge in [0.25, 0.3) is 0 Å². The van der Waals surface area contributed by atoms with Gasteiger partial charge in [-0.1, -0.05) is 34.1 Å². The Kier molecular flexibility index (Phi) is 6.40. The van der Waals surface area contributed by atoms with Crippen molar-refractivity contribution in [1.29, 1.82) is 0 Å². The molecule has 0 radical (unpaired) electrons. The molecule has 0 unspecified atom stereocenters. The molecule has 2 heterocycles. The van der Waals surface area contributed by atoms with Crippen molar-refractivity contribution in [3.8, 4) is 11.5 Å². The number of piperidine rings is 1. The fraction of sp³-hybridized carbons (Fsp3) is 0.435. The fourth-order valence-corrected chi connectivity index (χ4v) is 4.21. The number of carbonyl (C=O) groups is 1. The Bertz CT molecular complexity index is 848. The molecule has 4 rings (SSSR count). The largest absolute Gasteiger partial charge is 0.486 e. The number of nitrogens with zero attached hydrogens (tertiary/aromatic N) is 1. The van der Waals surface area contributed by atoms with E-state index in [2.05, 4.69) is 50.4 Å². The quantitative estimate of drug-likeness (QED) is 0.724. The average molecular weight is 459 g/mol. The molecule has 2 aliphatic heterocycles. The van der Waals surface area contributed by atoms with Gasteiger partial charge in [0.1, 0.15) is 13.2 Å². The van der Waals surface area contributed by atoms with Crippen molar-refractivity contribution in [3.05, 3.63) is 58.1 Å². The van der Waals surface area contributed by atoms with Crippen molar-refractivity contribution < 1.29 is 14.3 Å². The Morgan fingerprint density at radius 1 is 1.10 bits per heavy atom. The minimum absolute atomic E-state index is 0.0564. The number of carbonyl (C=O) groups excluding carboxylic acids is 1. The maximum Gasteiger partial charge on any atom is 0.223 e. The van der Waals surface area contributed by atoms with Gasteiger partial charge >= 0.3 is 0 Å². The molecule has 1 fully saturated rings. The summed E-state index contributed by atoms with van der Waals surface area (Å²) >= 11 is 3.48. The van der Waals surface area contributed by atoms with E-state index in [1.165, 1.54) is 5.56 Å². The van der Waals surface area contributed by atoms with Crippen LogP contribution in [0.25, 0.3) is 0 Å². The van der Waals surface area contributed by atoms with Crippen LogP contribution in [0.15, 0.2) is 46.9 Å². The van der Waals surface area contributed by atoms with Gasteiger partial charge in [-0.25, -0.2) is 0 Å². The molecule has 2 aromatic carbocycles. The molecule has 0 saturated carbocycles. The van der Waals surface area contributed by atoms with E-state index in [1.807, 2.05) is 25.1 Å². The summed E-state index contributed by atoms with van der Waals surface area (Å²) in [7, 11) is 0. The number of hydrogen-bond acceptors (Lipinski definition) is 4. The summed E-state index contributed by atoms with van der Waals surface area (Å²) in [6.45, 7) is 6.01. The van der Waals surface area contributed by atoms with Crippen LogP contribution < -0.4 is 14.8 Å². The first kappa shape index (κ1) is 20.2. The summed E-state index contributed by atoms with van der Waals surface area (Å²) in [5.74, 6) is 1.76.